The van der Waals surface area contributed by atoms with Gasteiger partial charge in [-0.2, -0.15) is 0 Å². The Balaban J connectivity index is 3.00. The maximum atomic E-state index is 11.7. The second-order valence-corrected chi connectivity index (χ2v) is 5.04. The molecule has 0 aliphatic rings. The second-order valence-electron chi connectivity index (χ2n) is 5.04. The maximum Gasteiger partial charge on any atom is 0.273 e. The number of aromatic nitrogens is 1. The largest absolute Gasteiger partial charge is 0.394 e. The van der Waals surface area contributed by atoms with Gasteiger partial charge in [-0.25, -0.2) is 0 Å². The minimum atomic E-state index is -0.0915. The summed E-state index contributed by atoms with van der Waals surface area (Å²) in [7, 11) is 0. The zero-order valence-corrected chi connectivity index (χ0v) is 9.95. The van der Waals surface area contributed by atoms with Crippen LogP contribution < -0.4 is 11.3 Å². The van der Waals surface area contributed by atoms with Crippen molar-refractivity contribution in [1.29, 1.82) is 0 Å². The van der Waals surface area contributed by atoms with Crippen molar-refractivity contribution >= 4 is 5.69 Å². The van der Waals surface area contributed by atoms with Gasteiger partial charge in [0.25, 0.3) is 5.56 Å². The van der Waals surface area contributed by atoms with Crippen LogP contribution in [0.5, 0.6) is 0 Å². The molecule has 0 radical (unpaired) electrons. The van der Waals surface area contributed by atoms with Crippen molar-refractivity contribution in [2.24, 2.45) is 11.3 Å². The third kappa shape index (κ3) is 2.61. The van der Waals surface area contributed by atoms with E-state index in [2.05, 4.69) is 27.7 Å². The number of pyridine rings is 1. The standard InChI is InChI=1S/C12H20N2O/c1-9(2)12(3,4)8-14-7-5-6-10(13)11(14)15/h5-7,9H,8,13H2,1-4H3. The molecule has 3 heteroatoms. The van der Waals surface area contributed by atoms with Crippen molar-refractivity contribution in [3.05, 3.63) is 28.7 Å². The molecular formula is C12H20N2O. The lowest BCUT2D eigenvalue weighted by molar-refractivity contribution is 0.208. The van der Waals surface area contributed by atoms with Crippen molar-refractivity contribution in [2.45, 2.75) is 34.2 Å². The molecule has 1 rings (SSSR count). The molecule has 0 aliphatic heterocycles. The zero-order chi connectivity index (χ0) is 11.6. The van der Waals surface area contributed by atoms with Gasteiger partial charge in [-0.05, 0) is 23.5 Å². The Hall–Kier alpha value is -1.25. The highest BCUT2D eigenvalue weighted by Crippen LogP contribution is 2.27. The van der Waals surface area contributed by atoms with Crippen molar-refractivity contribution in [3.8, 4) is 0 Å². The molecule has 1 aromatic rings. The number of nitrogen functional groups attached to an aromatic ring is 1. The van der Waals surface area contributed by atoms with Crippen LogP contribution in [0.2, 0.25) is 0 Å². The van der Waals surface area contributed by atoms with Gasteiger partial charge in [0.1, 0.15) is 0 Å². The summed E-state index contributed by atoms with van der Waals surface area (Å²) in [6.07, 6.45) is 1.79. The Bertz CT molecular complexity index is 391. The molecule has 0 saturated carbocycles. The molecule has 1 aromatic heterocycles. The van der Waals surface area contributed by atoms with Gasteiger partial charge < -0.3 is 10.3 Å². The first-order valence-corrected chi connectivity index (χ1v) is 5.29. The molecule has 84 valence electrons. The predicted molar refractivity (Wildman–Crippen MR) is 63.7 cm³/mol. The van der Waals surface area contributed by atoms with Crippen LogP contribution >= 0.6 is 0 Å². The minimum Gasteiger partial charge on any atom is -0.394 e. The van der Waals surface area contributed by atoms with E-state index in [-0.39, 0.29) is 11.0 Å². The number of anilines is 1. The molecule has 3 nitrogen and oxygen atoms in total. The molecular weight excluding hydrogens is 188 g/mol. The Morgan fingerprint density at radius 1 is 1.47 bits per heavy atom. The van der Waals surface area contributed by atoms with E-state index in [0.29, 0.717) is 18.2 Å². The lowest BCUT2D eigenvalue weighted by Gasteiger charge is -2.29. The van der Waals surface area contributed by atoms with E-state index in [9.17, 15) is 4.79 Å². The SMILES string of the molecule is CC(C)C(C)(C)Cn1cccc(N)c1=O. The fourth-order valence-corrected chi connectivity index (χ4v) is 1.30. The maximum absolute atomic E-state index is 11.7. The van der Waals surface area contributed by atoms with Gasteiger partial charge in [0.2, 0.25) is 0 Å². The van der Waals surface area contributed by atoms with E-state index in [4.69, 9.17) is 5.73 Å². The third-order valence-electron chi connectivity index (χ3n) is 3.19. The van der Waals surface area contributed by atoms with E-state index in [1.807, 2.05) is 6.07 Å². The van der Waals surface area contributed by atoms with Gasteiger partial charge in [0.05, 0.1) is 5.69 Å². The fraction of sp³-hybridized carbons (Fsp3) is 0.583. The molecule has 2 N–H and O–H groups in total. The van der Waals surface area contributed by atoms with E-state index in [0.717, 1.165) is 0 Å². The predicted octanol–water partition coefficient (Wildman–Crippen LogP) is 2.11. The summed E-state index contributed by atoms with van der Waals surface area (Å²) >= 11 is 0. The van der Waals surface area contributed by atoms with Crippen LogP contribution in [0.25, 0.3) is 0 Å². The molecule has 0 fully saturated rings. The Morgan fingerprint density at radius 2 is 2.07 bits per heavy atom. The van der Waals surface area contributed by atoms with Crippen LogP contribution in [0.1, 0.15) is 27.7 Å². The van der Waals surface area contributed by atoms with Gasteiger partial charge in [-0.15, -0.1) is 0 Å². The second kappa shape index (κ2) is 4.09. The summed E-state index contributed by atoms with van der Waals surface area (Å²) in [6.45, 7) is 9.35. The summed E-state index contributed by atoms with van der Waals surface area (Å²) in [5, 5.41) is 0. The van der Waals surface area contributed by atoms with Crippen molar-refractivity contribution in [2.75, 3.05) is 5.73 Å². The van der Waals surface area contributed by atoms with Crippen LogP contribution in [0.3, 0.4) is 0 Å². The highest BCUT2D eigenvalue weighted by atomic mass is 16.1. The van der Waals surface area contributed by atoms with Gasteiger partial charge in [0.15, 0.2) is 0 Å². The van der Waals surface area contributed by atoms with Gasteiger partial charge >= 0.3 is 0 Å². The summed E-state index contributed by atoms with van der Waals surface area (Å²) in [4.78, 5) is 11.7. The number of hydrogen-bond acceptors (Lipinski definition) is 2. The molecule has 0 bridgehead atoms. The summed E-state index contributed by atoms with van der Waals surface area (Å²) in [5.74, 6) is 0.519. The summed E-state index contributed by atoms with van der Waals surface area (Å²) in [5.41, 5.74) is 5.90. The number of nitrogens with zero attached hydrogens (tertiary/aromatic N) is 1. The van der Waals surface area contributed by atoms with Crippen molar-refractivity contribution < 1.29 is 0 Å². The van der Waals surface area contributed by atoms with Gasteiger partial charge in [-0.1, -0.05) is 27.7 Å². The molecule has 0 aromatic carbocycles. The molecule has 0 spiro atoms. The fourth-order valence-electron chi connectivity index (χ4n) is 1.30. The highest BCUT2D eigenvalue weighted by molar-refractivity contribution is 5.33. The zero-order valence-electron chi connectivity index (χ0n) is 9.95. The summed E-state index contributed by atoms with van der Waals surface area (Å²) in [6, 6.07) is 3.45. The molecule has 0 aliphatic carbocycles. The average Bonchev–Trinajstić information content (AvgIpc) is 2.12. The molecule has 0 unspecified atom stereocenters. The average molecular weight is 208 g/mol. The lowest BCUT2D eigenvalue weighted by atomic mass is 9.81. The van der Waals surface area contributed by atoms with Crippen molar-refractivity contribution in [3.63, 3.8) is 0 Å². The first-order valence-electron chi connectivity index (χ1n) is 5.29. The first-order chi connectivity index (χ1) is 6.84. The topological polar surface area (TPSA) is 48.0 Å². The highest BCUT2D eigenvalue weighted by Gasteiger charge is 2.23. The van der Waals surface area contributed by atoms with E-state index < -0.39 is 0 Å². The van der Waals surface area contributed by atoms with E-state index in [1.54, 1.807) is 16.8 Å². The molecule has 0 amide bonds. The molecule has 0 saturated heterocycles. The van der Waals surface area contributed by atoms with Gasteiger partial charge in [-0.3, -0.25) is 4.79 Å². The van der Waals surface area contributed by atoms with Crippen LogP contribution in [0, 0.1) is 11.3 Å². The Kier molecular flexibility index (Phi) is 3.22. The molecule has 1 heterocycles. The number of nitrogens with two attached hydrogens (primary N) is 1. The van der Waals surface area contributed by atoms with Crippen LogP contribution in [0.4, 0.5) is 5.69 Å². The third-order valence-corrected chi connectivity index (χ3v) is 3.19. The van der Waals surface area contributed by atoms with Crippen LogP contribution in [0.15, 0.2) is 23.1 Å². The van der Waals surface area contributed by atoms with Crippen LogP contribution in [-0.4, -0.2) is 4.57 Å². The quantitative estimate of drug-likeness (QED) is 0.827. The van der Waals surface area contributed by atoms with Gasteiger partial charge in [0, 0.05) is 12.7 Å². The number of hydrogen-bond donors (Lipinski definition) is 1. The summed E-state index contributed by atoms with van der Waals surface area (Å²) < 4.78 is 1.69. The monoisotopic (exact) mass is 208 g/mol. The normalized spacial score (nSPS) is 12.1. The molecule has 15 heavy (non-hydrogen) atoms. The lowest BCUT2D eigenvalue weighted by Crippen LogP contribution is -2.32. The van der Waals surface area contributed by atoms with E-state index >= 15 is 0 Å². The van der Waals surface area contributed by atoms with E-state index in [1.165, 1.54) is 0 Å². The van der Waals surface area contributed by atoms with Crippen LogP contribution in [-0.2, 0) is 6.54 Å². The van der Waals surface area contributed by atoms with Crippen molar-refractivity contribution in [1.82, 2.24) is 4.57 Å². The number of rotatable bonds is 3. The Labute approximate surface area is 90.9 Å². The Morgan fingerprint density at radius 3 is 2.60 bits per heavy atom. The smallest absolute Gasteiger partial charge is 0.273 e. The first kappa shape index (κ1) is 11.8. The molecule has 0 atom stereocenters. The minimum absolute atomic E-state index is 0.0915.